The molecule has 454 valence electrons. The maximum atomic E-state index is 10.8. The van der Waals surface area contributed by atoms with E-state index in [2.05, 4.69) is 32.9 Å². The third-order valence-electron chi connectivity index (χ3n) is 15.9. The van der Waals surface area contributed by atoms with Crippen LogP contribution in [0.3, 0.4) is 0 Å². The molecule has 0 spiro atoms. The smallest absolute Gasteiger partial charge is 0.253 e. The fourth-order valence-corrected chi connectivity index (χ4v) is 15.1. The van der Waals surface area contributed by atoms with Crippen LogP contribution in [0.4, 0.5) is 0 Å². The van der Waals surface area contributed by atoms with Crippen LogP contribution in [0.25, 0.3) is 94.5 Å². The van der Waals surface area contributed by atoms with E-state index in [9.17, 15) is 31.5 Å². The van der Waals surface area contributed by atoms with Crippen molar-refractivity contribution in [3.63, 3.8) is 0 Å². The van der Waals surface area contributed by atoms with Gasteiger partial charge in [-0.15, -0.1) is 29.7 Å². The van der Waals surface area contributed by atoms with Crippen molar-refractivity contribution in [3.8, 4) is 73.2 Å². The van der Waals surface area contributed by atoms with Crippen molar-refractivity contribution < 1.29 is 74.2 Å². The topological polar surface area (TPSA) is 35.9 Å². The first-order valence-corrected chi connectivity index (χ1v) is 31.1. The summed E-state index contributed by atoms with van der Waals surface area (Å²) in [4.78, 5) is 4.83. The second-order valence-electron chi connectivity index (χ2n) is 23.6. The fourth-order valence-electron chi connectivity index (χ4n) is 11.6. The first kappa shape index (κ1) is 33.9. The Labute approximate surface area is 605 Å². The van der Waals surface area contributed by atoms with Gasteiger partial charge in [0.15, 0.2) is 19.1 Å². The van der Waals surface area contributed by atoms with Gasteiger partial charge < -0.3 is 9.30 Å². The summed E-state index contributed by atoms with van der Waals surface area (Å²) in [5.74, 6) is 0.848. The molecule has 0 saturated heterocycles. The predicted molar refractivity (Wildman–Crippen MR) is 384 cm³/mol. The molecule has 0 atom stereocenters. The van der Waals surface area contributed by atoms with Gasteiger partial charge in [-0.05, 0) is 136 Å². The number of benzene rings is 12. The molecule has 0 aliphatic rings. The molecule has 0 saturated carbocycles. The summed E-state index contributed by atoms with van der Waals surface area (Å²) in [7, 11) is -6.39. The van der Waals surface area contributed by atoms with Crippen molar-refractivity contribution in [3.05, 3.63) is 332 Å². The molecule has 0 bridgehead atoms. The van der Waals surface area contributed by atoms with Gasteiger partial charge in [0.25, 0.3) is 6.33 Å². The molecule has 0 amide bonds. The molecule has 0 N–H and O–H groups in total. The molecular formula is C86H69N4OPtSi-. The van der Waals surface area contributed by atoms with Crippen molar-refractivity contribution >= 4 is 61.7 Å². The number of para-hydroxylation sites is 2. The molecule has 3 heterocycles. The molecule has 0 aliphatic carbocycles. The number of aromatic nitrogens is 4. The molecule has 5 nitrogen and oxygen atoms in total. The van der Waals surface area contributed by atoms with E-state index < -0.39 is 261 Å². The molecule has 93 heavy (non-hydrogen) atoms. The van der Waals surface area contributed by atoms with E-state index in [1.165, 1.54) is 30.6 Å². The normalized spacial score (nSPS) is 16.7. The maximum absolute atomic E-state index is 10.8. The Kier molecular flexibility index (Phi) is 9.03. The molecular weight excluding hydrogens is 1330 g/mol. The van der Waals surface area contributed by atoms with Crippen LogP contribution >= 0.6 is 0 Å². The quantitative estimate of drug-likeness (QED) is 0.0499. The number of fused-ring (bicyclic) bond motifs is 4. The summed E-state index contributed by atoms with van der Waals surface area (Å²) >= 11 is 0. The largest absolute Gasteiger partial charge is 0.509 e. The van der Waals surface area contributed by atoms with Crippen molar-refractivity contribution in [1.82, 2.24) is 14.1 Å². The Morgan fingerprint density at radius 3 is 1.68 bits per heavy atom. The van der Waals surface area contributed by atoms with Gasteiger partial charge in [-0.3, -0.25) is 0 Å². The summed E-state index contributed by atoms with van der Waals surface area (Å²) in [6, 6.07) is 2.78. The Morgan fingerprint density at radius 1 is 0.462 bits per heavy atom. The zero-order chi connectivity index (χ0) is 90.4. The summed E-state index contributed by atoms with van der Waals surface area (Å²) in [6.45, 7) is 11.7. The average Bonchev–Trinajstić information content (AvgIpc) is 1.37. The van der Waals surface area contributed by atoms with E-state index in [1.807, 2.05) is 67.8 Å². The van der Waals surface area contributed by atoms with Crippen molar-refractivity contribution in [1.29, 1.82) is 0 Å². The van der Waals surface area contributed by atoms with Gasteiger partial charge in [0.1, 0.15) is 11.5 Å². The number of pyridine rings is 1. The van der Waals surface area contributed by atoms with Gasteiger partial charge in [0, 0.05) is 61.1 Å². The van der Waals surface area contributed by atoms with Gasteiger partial charge in [-0.2, -0.15) is 16.7 Å². The van der Waals surface area contributed by atoms with Gasteiger partial charge in [-0.25, -0.2) is 9.55 Å². The zero-order valence-electron chi connectivity index (χ0n) is 82.5. The van der Waals surface area contributed by atoms with Crippen LogP contribution in [0.2, 0.25) is 0 Å². The van der Waals surface area contributed by atoms with Gasteiger partial charge in [0.2, 0.25) is 0 Å². The minimum absolute atomic E-state index is 0. The fraction of sp³-hybridized carbons (Fsp3) is 0.0930. The van der Waals surface area contributed by atoms with E-state index in [1.54, 1.807) is 51.7 Å². The third-order valence-corrected chi connectivity index (χ3v) is 19.9. The Hall–Kier alpha value is -10.2. The second-order valence-corrected chi connectivity index (χ2v) is 27.1. The van der Waals surface area contributed by atoms with Crippen LogP contribution in [0, 0.1) is 12.1 Å². The minimum Gasteiger partial charge on any atom is -0.509 e. The molecule has 7 heteroatoms. The van der Waals surface area contributed by atoms with Crippen LogP contribution in [0.5, 0.6) is 11.5 Å². The monoisotopic (exact) mass is 1430 g/mol. The third kappa shape index (κ3) is 11.3. The number of ether oxygens (including phenoxy) is 1. The van der Waals surface area contributed by atoms with E-state index in [4.69, 9.17) is 22.1 Å². The van der Waals surface area contributed by atoms with Gasteiger partial charge >= 0.3 is 0 Å². The van der Waals surface area contributed by atoms with Gasteiger partial charge in [-0.1, -0.05) is 265 Å². The predicted octanol–water partition coefficient (Wildman–Crippen LogP) is 18.4. The first-order valence-electron chi connectivity index (χ1n) is 45.1. The van der Waals surface area contributed by atoms with Crippen LogP contribution < -0.4 is 30.1 Å². The van der Waals surface area contributed by atoms with Crippen molar-refractivity contribution in [2.45, 2.75) is 52.4 Å². The first-order chi connectivity index (χ1) is 58.2. The second kappa shape index (κ2) is 24.8. The summed E-state index contributed by atoms with van der Waals surface area (Å²) < 4.78 is 314. The minimum atomic E-state index is -6.39. The number of hydrogen-bond acceptors (Lipinski definition) is 2. The standard InChI is InChI=1S/C86H69N4OSi.Pt/c1-85(2,3)67-49-50-87-83(56-67)90-79-44-23-22-41-76(79)77-47-46-70(58-81(77)90)91-69-33-25-32-68(57-69)88-59-89(84-75(42-26-43-78(84)86(4,5)6)66-52-64(60-27-12-7-13-28-60)51-65(53-66)61-29-14-8-15-30-61)80-48-45-63(55-82(80)88)62-31-24-40-74(54-62)92(71-34-16-9-17-35-71,72-36-18-10-19-37-72)73-38-20-11-21-39-73;/h7-56,59H,1-6H3;/q-1;/i7D,8D,9D,10D,11D,12D,13D,14D,15D,16D,17D,18D,19D,20D,21D,24D,27D,28D,29D,30D,31D,34D,35D,36D,37D,38D,39D,40D,51D,52D,53D,54D;. The Bertz CT molecular complexity index is 6830. The molecule has 12 aromatic carbocycles. The maximum Gasteiger partial charge on any atom is 0.253 e. The van der Waals surface area contributed by atoms with Crippen LogP contribution in [0.15, 0.2) is 309 Å². The van der Waals surface area contributed by atoms with Gasteiger partial charge in [0.05, 0.1) is 43.9 Å². The van der Waals surface area contributed by atoms with Crippen molar-refractivity contribution in [2.75, 3.05) is 0 Å². The Morgan fingerprint density at radius 2 is 1.04 bits per heavy atom. The van der Waals surface area contributed by atoms with Crippen LogP contribution in [-0.4, -0.2) is 22.2 Å². The molecule has 0 unspecified atom stereocenters. The molecule has 3 aromatic heterocycles. The molecule has 0 aliphatic heterocycles. The van der Waals surface area contributed by atoms with Crippen LogP contribution in [-0.2, 0) is 31.9 Å². The van der Waals surface area contributed by atoms with E-state index in [0.29, 0.717) is 16.9 Å². The molecule has 0 radical (unpaired) electrons. The number of rotatable bonds is 13. The van der Waals surface area contributed by atoms with E-state index in [-0.39, 0.29) is 71.5 Å². The molecule has 0 fully saturated rings. The Balaban J connectivity index is 0.0000127. The number of hydrogen-bond donors (Lipinski definition) is 0. The summed E-state index contributed by atoms with van der Waals surface area (Å²) in [6.07, 6.45) is 3.26. The number of nitrogens with zero attached hydrogens (tertiary/aromatic N) is 4. The van der Waals surface area contributed by atoms with E-state index >= 15 is 0 Å². The SMILES string of the molecule is [2H]c1c([2H])c([2H])c(-c2c([2H])c(-c3cccc(C(C)(C)C)c3-[n+]3cn(-c4[c-]c(Oc5[c-]c6c(cc5)c5ccccc5n6-c5cc(C(C)(C)C)ccn5)ccc4)c4cc(-c5c([2H])c([2H])c([2H])c([Si](c6c([2H])c([2H])c([2H])c([2H])c6[2H])(c6c([2H])c([2H])c([2H])c([2H])c6[2H])c6c([2H])c([2H])c([2H])c([2H])c6[2H])c5[2H])ccc43)c([2H])c(-c3c([2H])c([2H])c([2H])c([2H])c3[2H])c2[2H])c([2H])c1[2H].[Pt]. The summed E-state index contributed by atoms with van der Waals surface area (Å²) in [5, 5.41) is -2.54. The van der Waals surface area contributed by atoms with E-state index in [0.717, 1.165) is 21.9 Å². The molecule has 15 rings (SSSR count). The van der Waals surface area contributed by atoms with Crippen molar-refractivity contribution in [2.24, 2.45) is 0 Å². The summed E-state index contributed by atoms with van der Waals surface area (Å²) in [5.41, 5.74) is -2.41. The molecule has 15 aromatic rings. The van der Waals surface area contributed by atoms with Crippen LogP contribution in [0.1, 0.15) is 96.5 Å². The number of imidazole rings is 1. The average molecular weight is 1430 g/mol. The zero-order valence-corrected chi connectivity index (χ0v) is 53.8.